The van der Waals surface area contributed by atoms with Crippen molar-refractivity contribution in [2.24, 2.45) is 4.99 Å². The van der Waals surface area contributed by atoms with Crippen molar-refractivity contribution in [1.82, 2.24) is 4.57 Å². The lowest BCUT2D eigenvalue weighted by atomic mass is 9.95. The fourth-order valence-corrected chi connectivity index (χ4v) is 6.54. The van der Waals surface area contributed by atoms with Gasteiger partial charge >= 0.3 is 5.97 Å². The second-order valence-electron chi connectivity index (χ2n) is 9.11. The average molecular weight is 701 g/mol. The minimum atomic E-state index is -0.668. The summed E-state index contributed by atoms with van der Waals surface area (Å²) < 4.78 is 20.0. The maximum atomic E-state index is 14.0. The van der Waals surface area contributed by atoms with Crippen LogP contribution < -0.4 is 24.4 Å². The van der Waals surface area contributed by atoms with Crippen LogP contribution >= 0.6 is 45.5 Å². The van der Waals surface area contributed by atoms with Gasteiger partial charge < -0.3 is 14.2 Å². The van der Waals surface area contributed by atoms with Gasteiger partial charge in [0.25, 0.3) is 5.56 Å². The average Bonchev–Trinajstić information content (AvgIpc) is 3.30. The number of carbonyl (C=O) groups excluding carboxylic acids is 1. The van der Waals surface area contributed by atoms with E-state index in [1.54, 1.807) is 17.8 Å². The van der Waals surface area contributed by atoms with E-state index in [1.807, 2.05) is 73.7 Å². The molecule has 0 unspecified atom stereocenters. The molecule has 1 aliphatic rings. The molecule has 2 heterocycles. The van der Waals surface area contributed by atoms with Crippen molar-refractivity contribution < 1.29 is 19.0 Å². The molecule has 0 spiro atoms. The van der Waals surface area contributed by atoms with Gasteiger partial charge in [0.15, 0.2) is 16.3 Å². The highest BCUT2D eigenvalue weighted by atomic mass is 127. The number of hydrogen-bond acceptors (Lipinski definition) is 7. The fourth-order valence-electron chi connectivity index (χ4n) is 4.72. The Morgan fingerprint density at radius 1 is 1.12 bits per heavy atom. The molecule has 0 saturated heterocycles. The normalized spacial score (nSPS) is 14.9. The van der Waals surface area contributed by atoms with Gasteiger partial charge in [-0.25, -0.2) is 9.79 Å². The Kier molecular flexibility index (Phi) is 8.96. The van der Waals surface area contributed by atoms with E-state index in [2.05, 4.69) is 22.6 Å². The smallest absolute Gasteiger partial charge is 0.338 e. The van der Waals surface area contributed by atoms with Crippen LogP contribution in [0.25, 0.3) is 6.08 Å². The molecule has 3 aromatic carbocycles. The minimum Gasteiger partial charge on any atom is -0.493 e. The van der Waals surface area contributed by atoms with Crippen LogP contribution in [0.1, 0.15) is 36.1 Å². The van der Waals surface area contributed by atoms with E-state index in [9.17, 15) is 9.59 Å². The van der Waals surface area contributed by atoms with Crippen LogP contribution in [-0.2, 0) is 16.1 Å². The van der Waals surface area contributed by atoms with Crippen LogP contribution in [0.5, 0.6) is 11.5 Å². The van der Waals surface area contributed by atoms with Gasteiger partial charge in [-0.05, 0) is 58.9 Å². The molecule has 0 amide bonds. The summed E-state index contributed by atoms with van der Waals surface area (Å²) in [5.41, 5.74) is 2.98. The number of halogens is 2. The zero-order valence-electron chi connectivity index (χ0n) is 22.5. The minimum absolute atomic E-state index is 0.217. The lowest BCUT2D eigenvalue weighted by Crippen LogP contribution is -2.40. The first-order valence-electron chi connectivity index (χ1n) is 12.8. The van der Waals surface area contributed by atoms with Gasteiger partial charge in [0.05, 0.1) is 36.1 Å². The third-order valence-electron chi connectivity index (χ3n) is 6.65. The molecule has 5 rings (SSSR count). The van der Waals surface area contributed by atoms with Gasteiger partial charge in [0.1, 0.15) is 6.61 Å². The molecule has 1 aromatic heterocycles. The molecule has 0 saturated carbocycles. The highest BCUT2D eigenvalue weighted by Crippen LogP contribution is 2.35. The monoisotopic (exact) mass is 700 g/mol. The second kappa shape index (κ2) is 12.6. The van der Waals surface area contributed by atoms with E-state index in [1.165, 1.54) is 18.4 Å². The van der Waals surface area contributed by atoms with Gasteiger partial charge in [-0.15, -0.1) is 0 Å². The lowest BCUT2D eigenvalue weighted by molar-refractivity contribution is -0.136. The summed E-state index contributed by atoms with van der Waals surface area (Å²) in [6, 6.07) is 20.0. The molecule has 0 aliphatic carbocycles. The van der Waals surface area contributed by atoms with E-state index >= 15 is 0 Å². The number of thiazole rings is 1. The van der Waals surface area contributed by atoms with Crippen LogP contribution in [-0.4, -0.2) is 24.8 Å². The number of benzene rings is 3. The molecule has 0 fully saturated rings. The summed E-state index contributed by atoms with van der Waals surface area (Å²) in [6.45, 7) is 2.15. The first kappa shape index (κ1) is 29.1. The summed E-state index contributed by atoms with van der Waals surface area (Å²) in [4.78, 5) is 32.3. The number of carbonyl (C=O) groups is 1. The lowest BCUT2D eigenvalue weighted by Gasteiger charge is -2.25. The van der Waals surface area contributed by atoms with Crippen molar-refractivity contribution in [1.29, 1.82) is 0 Å². The Labute approximate surface area is 259 Å². The number of rotatable bonds is 8. The SMILES string of the molecule is CCC1=C(C(=O)OC)[C@H](c2ccccc2)n2c(s/c(=C/c3cc(I)cc(OC)c3OCc3ccccc3Cl)c2=O)=N1. The van der Waals surface area contributed by atoms with Gasteiger partial charge in [0, 0.05) is 19.7 Å². The molecule has 0 N–H and O–H groups in total. The van der Waals surface area contributed by atoms with Crippen molar-refractivity contribution in [2.45, 2.75) is 26.0 Å². The van der Waals surface area contributed by atoms with Gasteiger partial charge in [0.2, 0.25) is 0 Å². The van der Waals surface area contributed by atoms with Crippen molar-refractivity contribution >= 4 is 57.6 Å². The van der Waals surface area contributed by atoms with Crippen molar-refractivity contribution in [2.75, 3.05) is 14.2 Å². The third-order valence-corrected chi connectivity index (χ3v) is 8.62. The molecule has 7 nitrogen and oxygen atoms in total. The molecular formula is C31H26ClIN2O5S. The second-order valence-corrected chi connectivity index (χ2v) is 11.8. The third kappa shape index (κ3) is 5.84. The zero-order valence-corrected chi connectivity index (χ0v) is 26.2. The predicted molar refractivity (Wildman–Crippen MR) is 168 cm³/mol. The topological polar surface area (TPSA) is 79.1 Å². The Hall–Kier alpha value is -3.41. The molecule has 1 atom stereocenters. The quantitative estimate of drug-likeness (QED) is 0.176. The van der Waals surface area contributed by atoms with Crippen LogP contribution in [0.4, 0.5) is 0 Å². The predicted octanol–water partition coefficient (Wildman–Crippen LogP) is 5.64. The number of methoxy groups -OCH3 is 2. The number of fused-ring (bicyclic) bond motifs is 1. The van der Waals surface area contributed by atoms with Crippen LogP contribution in [0, 0.1) is 3.57 Å². The van der Waals surface area contributed by atoms with Crippen molar-refractivity contribution in [3.63, 3.8) is 0 Å². The molecular weight excluding hydrogens is 675 g/mol. The molecule has 4 aromatic rings. The maximum absolute atomic E-state index is 14.0. The van der Waals surface area contributed by atoms with Gasteiger partial charge in [-0.3, -0.25) is 9.36 Å². The van der Waals surface area contributed by atoms with E-state index < -0.39 is 12.0 Å². The number of ether oxygens (including phenoxy) is 3. The van der Waals surface area contributed by atoms with Gasteiger partial charge in [-0.2, -0.15) is 0 Å². The molecule has 0 radical (unpaired) electrons. The maximum Gasteiger partial charge on any atom is 0.338 e. The number of aromatic nitrogens is 1. The van der Waals surface area contributed by atoms with E-state index in [0.717, 1.165) is 14.7 Å². The standard InChI is InChI=1S/C31H26ClIN2O5S/c1-4-23-26(30(37)39-3)27(18-10-6-5-7-11-18)35-29(36)25(41-31(35)34-23)15-20-14-21(33)16-24(38-2)28(20)40-17-19-12-8-9-13-22(19)32/h5-16,27H,4,17H2,1-3H3/b25-15+/t27-/m0/s1. The summed E-state index contributed by atoms with van der Waals surface area (Å²) in [5, 5.41) is 0.598. The Morgan fingerprint density at radius 3 is 2.54 bits per heavy atom. The fraction of sp³-hybridized carbons (Fsp3) is 0.194. The molecule has 10 heteroatoms. The van der Waals surface area contributed by atoms with Gasteiger partial charge in [-0.1, -0.05) is 78.4 Å². The highest BCUT2D eigenvalue weighted by molar-refractivity contribution is 14.1. The molecule has 210 valence electrons. The first-order chi connectivity index (χ1) is 19.9. The number of allylic oxidation sites excluding steroid dienone is 1. The van der Waals surface area contributed by atoms with Crippen LogP contribution in [0.15, 0.2) is 87.8 Å². The highest BCUT2D eigenvalue weighted by Gasteiger charge is 2.33. The molecule has 0 bridgehead atoms. The summed E-state index contributed by atoms with van der Waals surface area (Å²) in [6.07, 6.45) is 2.29. The Bertz CT molecular complexity index is 1830. The van der Waals surface area contributed by atoms with E-state index in [0.29, 0.717) is 49.1 Å². The largest absolute Gasteiger partial charge is 0.493 e. The van der Waals surface area contributed by atoms with E-state index in [4.69, 9.17) is 30.8 Å². The summed E-state index contributed by atoms with van der Waals surface area (Å²) in [5.74, 6) is 0.514. The number of nitrogens with zero attached hydrogens (tertiary/aromatic N) is 2. The Balaban J connectivity index is 1.69. The van der Waals surface area contributed by atoms with E-state index in [-0.39, 0.29) is 12.2 Å². The molecule has 1 aliphatic heterocycles. The molecule has 41 heavy (non-hydrogen) atoms. The first-order valence-corrected chi connectivity index (χ1v) is 15.0. The Morgan fingerprint density at radius 2 is 1.85 bits per heavy atom. The van der Waals surface area contributed by atoms with Crippen molar-refractivity contribution in [3.8, 4) is 11.5 Å². The van der Waals surface area contributed by atoms with Crippen LogP contribution in [0.2, 0.25) is 5.02 Å². The summed E-state index contributed by atoms with van der Waals surface area (Å²) >= 11 is 9.83. The summed E-state index contributed by atoms with van der Waals surface area (Å²) in [7, 11) is 2.91. The number of esters is 1. The van der Waals surface area contributed by atoms with Crippen LogP contribution in [0.3, 0.4) is 0 Å². The number of hydrogen-bond donors (Lipinski definition) is 0. The van der Waals surface area contributed by atoms with Crippen molar-refractivity contribution in [3.05, 3.63) is 123 Å². The zero-order chi connectivity index (χ0) is 29.1.